The van der Waals surface area contributed by atoms with Crippen molar-refractivity contribution in [1.29, 1.82) is 0 Å². The topological polar surface area (TPSA) is 45.6 Å². The summed E-state index contributed by atoms with van der Waals surface area (Å²) >= 11 is 0. The summed E-state index contributed by atoms with van der Waals surface area (Å²) in [5.41, 5.74) is 4.12. The van der Waals surface area contributed by atoms with Crippen LogP contribution in [0, 0.1) is 0 Å². The van der Waals surface area contributed by atoms with Crippen LogP contribution in [0.15, 0.2) is 96.2 Å². The fourth-order valence-electron chi connectivity index (χ4n) is 3.62. The van der Waals surface area contributed by atoms with E-state index in [2.05, 4.69) is 4.98 Å². The van der Waals surface area contributed by atoms with E-state index in [4.69, 9.17) is 4.99 Å². The van der Waals surface area contributed by atoms with Crippen LogP contribution in [0.1, 0.15) is 11.1 Å². The summed E-state index contributed by atoms with van der Waals surface area (Å²) in [6, 6.07) is 25.7. The first-order valence-electron chi connectivity index (χ1n) is 9.18. The zero-order valence-corrected chi connectivity index (χ0v) is 15.1. The van der Waals surface area contributed by atoms with Crippen LogP contribution in [0.3, 0.4) is 0 Å². The van der Waals surface area contributed by atoms with E-state index >= 15 is 0 Å². The van der Waals surface area contributed by atoms with Gasteiger partial charge in [-0.1, -0.05) is 60.7 Å². The van der Waals surface area contributed by atoms with Gasteiger partial charge in [0, 0.05) is 28.7 Å². The summed E-state index contributed by atoms with van der Waals surface area (Å²) < 4.78 is 0. The van der Waals surface area contributed by atoms with Crippen LogP contribution in [-0.2, 0) is 11.3 Å². The third-order valence-electron chi connectivity index (χ3n) is 4.97. The maximum absolute atomic E-state index is 13.3. The highest BCUT2D eigenvalue weighted by molar-refractivity contribution is 6.54. The molecule has 0 unspecified atom stereocenters. The van der Waals surface area contributed by atoms with Gasteiger partial charge >= 0.3 is 0 Å². The molecular weight excluding hydrogens is 346 g/mol. The number of anilines is 1. The van der Waals surface area contributed by atoms with Gasteiger partial charge in [-0.2, -0.15) is 0 Å². The second-order valence-corrected chi connectivity index (χ2v) is 6.73. The van der Waals surface area contributed by atoms with E-state index in [0.717, 1.165) is 33.3 Å². The Morgan fingerprint density at radius 1 is 0.857 bits per heavy atom. The van der Waals surface area contributed by atoms with Crippen molar-refractivity contribution in [2.75, 3.05) is 4.90 Å². The fraction of sp³-hybridized carbons (Fsp3) is 0.0417. The highest BCUT2D eigenvalue weighted by atomic mass is 16.2. The van der Waals surface area contributed by atoms with Gasteiger partial charge in [0.2, 0.25) is 0 Å². The third kappa shape index (κ3) is 2.76. The predicted octanol–water partition coefficient (Wildman–Crippen LogP) is 4.90. The van der Waals surface area contributed by atoms with E-state index in [1.165, 1.54) is 0 Å². The molecule has 5 rings (SSSR count). The number of benzene rings is 3. The van der Waals surface area contributed by atoms with Crippen molar-refractivity contribution in [2.24, 2.45) is 4.99 Å². The Balaban J connectivity index is 1.62. The van der Waals surface area contributed by atoms with E-state index in [1.54, 1.807) is 11.1 Å². The highest BCUT2D eigenvalue weighted by Gasteiger charge is 2.33. The van der Waals surface area contributed by atoms with Crippen molar-refractivity contribution in [2.45, 2.75) is 6.54 Å². The molecule has 1 aliphatic heterocycles. The standard InChI is InChI=1S/C24H17N3O/c28-24-23(26-21-11-6-9-18-15-25-14-13-19(18)21)20-10-4-5-12-22(20)27(24)16-17-7-2-1-3-8-17/h1-15H,16H2. The number of aliphatic imine (C=N–C) groups is 1. The summed E-state index contributed by atoms with van der Waals surface area (Å²) in [5.74, 6) is -0.0730. The molecule has 0 atom stereocenters. The first-order valence-corrected chi connectivity index (χ1v) is 9.18. The van der Waals surface area contributed by atoms with Crippen LogP contribution in [0.5, 0.6) is 0 Å². The van der Waals surface area contributed by atoms with Crippen molar-refractivity contribution >= 4 is 33.8 Å². The lowest BCUT2D eigenvalue weighted by molar-refractivity contribution is -0.112. The summed E-state index contributed by atoms with van der Waals surface area (Å²) in [6.07, 6.45) is 3.56. The number of pyridine rings is 1. The maximum atomic E-state index is 13.3. The van der Waals surface area contributed by atoms with E-state index in [9.17, 15) is 4.79 Å². The number of rotatable bonds is 3. The molecular formula is C24H17N3O. The van der Waals surface area contributed by atoms with Gasteiger partial charge < -0.3 is 4.90 Å². The van der Waals surface area contributed by atoms with Crippen LogP contribution in [0.2, 0.25) is 0 Å². The first-order chi connectivity index (χ1) is 13.8. The highest BCUT2D eigenvalue weighted by Crippen LogP contribution is 2.33. The summed E-state index contributed by atoms with van der Waals surface area (Å²) in [7, 11) is 0. The molecule has 0 N–H and O–H groups in total. The first kappa shape index (κ1) is 16.4. The molecule has 0 spiro atoms. The van der Waals surface area contributed by atoms with Crippen molar-refractivity contribution in [3.05, 3.63) is 102 Å². The van der Waals surface area contributed by atoms with E-state index in [1.807, 2.05) is 85.1 Å². The number of para-hydroxylation sites is 1. The van der Waals surface area contributed by atoms with Crippen LogP contribution in [0.25, 0.3) is 10.8 Å². The number of carbonyl (C=O) groups excluding carboxylic acids is 1. The molecule has 0 aliphatic carbocycles. The van der Waals surface area contributed by atoms with Crippen LogP contribution < -0.4 is 4.90 Å². The van der Waals surface area contributed by atoms with Crippen LogP contribution in [-0.4, -0.2) is 16.6 Å². The molecule has 3 aromatic carbocycles. The monoisotopic (exact) mass is 363 g/mol. The van der Waals surface area contributed by atoms with E-state index < -0.39 is 0 Å². The van der Waals surface area contributed by atoms with Gasteiger partial charge in [-0.25, -0.2) is 4.99 Å². The number of carbonyl (C=O) groups is 1. The largest absolute Gasteiger partial charge is 0.302 e. The van der Waals surface area contributed by atoms with Gasteiger partial charge in [0.25, 0.3) is 5.91 Å². The van der Waals surface area contributed by atoms with Gasteiger partial charge in [0.05, 0.1) is 17.9 Å². The van der Waals surface area contributed by atoms with Gasteiger partial charge in [-0.05, 0) is 23.8 Å². The SMILES string of the molecule is O=C1C(=Nc2cccc3cnccc23)c2ccccc2N1Cc1ccccc1. The molecule has 0 bridgehead atoms. The average molecular weight is 363 g/mol. The van der Waals surface area contributed by atoms with Gasteiger partial charge in [0.1, 0.15) is 5.71 Å². The molecule has 2 heterocycles. The van der Waals surface area contributed by atoms with Crippen LogP contribution in [0.4, 0.5) is 11.4 Å². The second-order valence-electron chi connectivity index (χ2n) is 6.73. The lowest BCUT2D eigenvalue weighted by Gasteiger charge is -2.16. The zero-order valence-electron chi connectivity index (χ0n) is 15.1. The molecule has 1 amide bonds. The maximum Gasteiger partial charge on any atom is 0.277 e. The van der Waals surface area contributed by atoms with Crippen molar-refractivity contribution in [1.82, 2.24) is 4.98 Å². The number of fused-ring (bicyclic) bond motifs is 2. The Morgan fingerprint density at radius 2 is 1.68 bits per heavy atom. The average Bonchev–Trinajstić information content (AvgIpc) is 3.01. The van der Waals surface area contributed by atoms with Gasteiger partial charge in [-0.15, -0.1) is 0 Å². The fourth-order valence-corrected chi connectivity index (χ4v) is 3.62. The van der Waals surface area contributed by atoms with Crippen molar-refractivity contribution in [3.8, 4) is 0 Å². The number of amides is 1. The molecule has 0 fully saturated rings. The molecule has 1 aromatic heterocycles. The molecule has 0 saturated heterocycles. The number of nitrogens with zero attached hydrogens (tertiary/aromatic N) is 3. The lowest BCUT2D eigenvalue weighted by atomic mass is 10.1. The molecule has 0 saturated carbocycles. The Bertz CT molecular complexity index is 1210. The Hall–Kier alpha value is -3.79. The summed E-state index contributed by atoms with van der Waals surface area (Å²) in [6.45, 7) is 0.523. The second kappa shape index (κ2) is 6.74. The number of aromatic nitrogens is 1. The minimum absolute atomic E-state index is 0.0730. The summed E-state index contributed by atoms with van der Waals surface area (Å²) in [4.78, 5) is 24.1. The Kier molecular flexibility index (Phi) is 3.95. The molecule has 4 aromatic rings. The molecule has 4 heteroatoms. The van der Waals surface area contributed by atoms with Gasteiger partial charge in [-0.3, -0.25) is 9.78 Å². The Labute approximate surface area is 162 Å². The number of hydrogen-bond donors (Lipinski definition) is 0. The minimum atomic E-state index is -0.0730. The molecule has 134 valence electrons. The van der Waals surface area contributed by atoms with Crippen LogP contribution >= 0.6 is 0 Å². The number of hydrogen-bond acceptors (Lipinski definition) is 3. The van der Waals surface area contributed by atoms with Crippen molar-refractivity contribution < 1.29 is 4.79 Å². The zero-order chi connectivity index (χ0) is 18.9. The Morgan fingerprint density at radius 3 is 2.57 bits per heavy atom. The minimum Gasteiger partial charge on any atom is -0.302 e. The molecule has 4 nitrogen and oxygen atoms in total. The molecule has 1 aliphatic rings. The van der Waals surface area contributed by atoms with Gasteiger partial charge in [0.15, 0.2) is 0 Å². The quantitative estimate of drug-likeness (QED) is 0.519. The van der Waals surface area contributed by atoms with E-state index in [-0.39, 0.29) is 5.91 Å². The third-order valence-corrected chi connectivity index (χ3v) is 4.97. The predicted molar refractivity (Wildman–Crippen MR) is 112 cm³/mol. The molecule has 0 radical (unpaired) electrons. The summed E-state index contributed by atoms with van der Waals surface area (Å²) in [5, 5.41) is 1.99. The molecule has 28 heavy (non-hydrogen) atoms. The smallest absolute Gasteiger partial charge is 0.277 e. The van der Waals surface area contributed by atoms with Crippen molar-refractivity contribution in [3.63, 3.8) is 0 Å². The lowest BCUT2D eigenvalue weighted by Crippen LogP contribution is -2.29. The van der Waals surface area contributed by atoms with E-state index in [0.29, 0.717) is 12.3 Å². The normalized spacial score (nSPS) is 14.6.